The van der Waals surface area contributed by atoms with Crippen molar-refractivity contribution in [3.05, 3.63) is 112 Å². The highest BCUT2D eigenvalue weighted by molar-refractivity contribution is 5.84. The van der Waals surface area contributed by atoms with Gasteiger partial charge in [-0.25, -0.2) is 0 Å². The van der Waals surface area contributed by atoms with Crippen LogP contribution in [-0.2, 0) is 0 Å². The van der Waals surface area contributed by atoms with Crippen molar-refractivity contribution in [3.8, 4) is 0 Å². The SMILES string of the molecule is C.C.C=C(C)C(=C(\C=C(C)\C(C)=C\C=C/C)c1ccccc1)/C(C)=C(\C)C(=C)CCCC.CC. The van der Waals surface area contributed by atoms with Crippen LogP contribution in [0.1, 0.15) is 102 Å². The van der Waals surface area contributed by atoms with E-state index in [2.05, 4.69) is 109 Å². The first-order chi connectivity index (χ1) is 15.2. The van der Waals surface area contributed by atoms with Crippen LogP contribution in [0.25, 0.3) is 5.57 Å². The summed E-state index contributed by atoms with van der Waals surface area (Å²) in [4.78, 5) is 0. The molecule has 0 saturated heterocycles. The average Bonchev–Trinajstić information content (AvgIpc) is 2.81. The van der Waals surface area contributed by atoms with Gasteiger partial charge >= 0.3 is 0 Å². The van der Waals surface area contributed by atoms with Crippen LogP contribution in [0.15, 0.2) is 107 Å². The van der Waals surface area contributed by atoms with E-state index in [1.54, 1.807) is 0 Å². The molecule has 1 rings (SSSR count). The molecule has 0 bridgehead atoms. The molecule has 0 fully saturated rings. The van der Waals surface area contributed by atoms with E-state index in [1.165, 1.54) is 57.4 Å². The maximum atomic E-state index is 4.37. The van der Waals surface area contributed by atoms with Crippen LogP contribution >= 0.6 is 0 Å². The number of hydrogen-bond acceptors (Lipinski definition) is 0. The fourth-order valence-corrected chi connectivity index (χ4v) is 3.40. The Labute approximate surface area is 214 Å². The summed E-state index contributed by atoms with van der Waals surface area (Å²) < 4.78 is 0. The van der Waals surface area contributed by atoms with Gasteiger partial charge in [-0.15, -0.1) is 0 Å². The fraction of sp³-hybridized carbons (Fsp3) is 0.412. The first-order valence-corrected chi connectivity index (χ1v) is 12.0. The summed E-state index contributed by atoms with van der Waals surface area (Å²) in [5, 5.41) is 0. The Morgan fingerprint density at radius 3 is 1.88 bits per heavy atom. The molecule has 34 heavy (non-hydrogen) atoms. The Balaban J connectivity index is -0.00000233. The molecule has 1 aromatic rings. The van der Waals surface area contributed by atoms with E-state index in [0.717, 1.165) is 12.0 Å². The minimum atomic E-state index is 0. The van der Waals surface area contributed by atoms with Gasteiger partial charge in [0.2, 0.25) is 0 Å². The summed E-state index contributed by atoms with van der Waals surface area (Å²) in [6, 6.07) is 10.6. The molecular formula is C34H54. The summed E-state index contributed by atoms with van der Waals surface area (Å²) in [5.41, 5.74) is 11.0. The molecule has 0 N–H and O–H groups in total. The van der Waals surface area contributed by atoms with E-state index >= 15 is 0 Å². The molecule has 0 saturated carbocycles. The predicted octanol–water partition coefficient (Wildman–Crippen LogP) is 11.9. The normalized spacial score (nSPS) is 13.0. The molecule has 0 heteroatoms. The van der Waals surface area contributed by atoms with E-state index in [9.17, 15) is 0 Å². The summed E-state index contributed by atoms with van der Waals surface area (Å²) in [7, 11) is 0. The Morgan fingerprint density at radius 1 is 0.853 bits per heavy atom. The van der Waals surface area contributed by atoms with Crippen LogP contribution in [0.5, 0.6) is 0 Å². The van der Waals surface area contributed by atoms with Crippen LogP contribution < -0.4 is 0 Å². The maximum absolute atomic E-state index is 4.37. The second kappa shape index (κ2) is 19.8. The number of allylic oxidation sites excluding steroid dienone is 12. The van der Waals surface area contributed by atoms with Gasteiger partial charge in [0.1, 0.15) is 0 Å². The monoisotopic (exact) mass is 462 g/mol. The minimum Gasteiger partial charge on any atom is -0.0956 e. The van der Waals surface area contributed by atoms with Crippen molar-refractivity contribution in [1.29, 1.82) is 0 Å². The number of benzene rings is 1. The van der Waals surface area contributed by atoms with Crippen LogP contribution in [0.3, 0.4) is 0 Å². The zero-order valence-electron chi connectivity index (χ0n) is 22.2. The lowest BCUT2D eigenvalue weighted by atomic mass is 9.85. The Hall–Kier alpha value is -2.60. The quantitative estimate of drug-likeness (QED) is 0.303. The van der Waals surface area contributed by atoms with Crippen molar-refractivity contribution in [2.45, 2.75) is 96.4 Å². The lowest BCUT2D eigenvalue weighted by Crippen LogP contribution is -1.99. The lowest BCUT2D eigenvalue weighted by molar-refractivity contribution is 0.792. The average molecular weight is 463 g/mol. The number of rotatable bonds is 10. The number of hydrogen-bond donors (Lipinski definition) is 0. The smallest absolute Gasteiger partial charge is 0.0103 e. The second-order valence-corrected chi connectivity index (χ2v) is 8.09. The van der Waals surface area contributed by atoms with E-state index in [1.807, 2.05) is 20.8 Å². The molecule has 0 aliphatic rings. The van der Waals surface area contributed by atoms with Crippen molar-refractivity contribution in [1.82, 2.24) is 0 Å². The maximum Gasteiger partial charge on any atom is -0.0103 e. The molecule has 0 aromatic heterocycles. The lowest BCUT2D eigenvalue weighted by Gasteiger charge is -2.19. The number of unbranched alkanes of at least 4 members (excludes halogenated alkanes) is 1. The first-order valence-electron chi connectivity index (χ1n) is 12.0. The van der Waals surface area contributed by atoms with Gasteiger partial charge in [-0.3, -0.25) is 0 Å². The summed E-state index contributed by atoms with van der Waals surface area (Å²) in [6.07, 6.45) is 12.0. The summed E-state index contributed by atoms with van der Waals surface area (Å²) >= 11 is 0. The molecule has 0 nitrogen and oxygen atoms in total. The predicted molar refractivity (Wildman–Crippen MR) is 162 cm³/mol. The zero-order valence-corrected chi connectivity index (χ0v) is 22.2. The summed E-state index contributed by atoms with van der Waals surface area (Å²) in [6.45, 7) is 27.9. The van der Waals surface area contributed by atoms with Crippen LogP contribution in [0.2, 0.25) is 0 Å². The third-order valence-electron chi connectivity index (χ3n) is 5.60. The largest absolute Gasteiger partial charge is 0.0956 e. The van der Waals surface area contributed by atoms with E-state index in [4.69, 9.17) is 0 Å². The van der Waals surface area contributed by atoms with Gasteiger partial charge in [-0.05, 0) is 93.4 Å². The molecule has 0 atom stereocenters. The molecular weight excluding hydrogens is 408 g/mol. The van der Waals surface area contributed by atoms with Gasteiger partial charge in [-0.1, -0.05) is 121 Å². The summed E-state index contributed by atoms with van der Waals surface area (Å²) in [5.74, 6) is 0. The third kappa shape index (κ3) is 11.5. The van der Waals surface area contributed by atoms with Gasteiger partial charge in [0.15, 0.2) is 0 Å². The molecule has 0 heterocycles. The van der Waals surface area contributed by atoms with Gasteiger partial charge in [0.05, 0.1) is 0 Å². The Kier molecular flexibility index (Phi) is 21.0. The van der Waals surface area contributed by atoms with Gasteiger partial charge in [0.25, 0.3) is 0 Å². The second-order valence-electron chi connectivity index (χ2n) is 8.09. The first kappa shape index (κ1) is 36.0. The van der Waals surface area contributed by atoms with E-state index < -0.39 is 0 Å². The Bertz CT molecular complexity index is 893. The van der Waals surface area contributed by atoms with Crippen molar-refractivity contribution in [2.24, 2.45) is 0 Å². The van der Waals surface area contributed by atoms with Gasteiger partial charge in [-0.2, -0.15) is 0 Å². The van der Waals surface area contributed by atoms with E-state index in [-0.39, 0.29) is 14.9 Å². The molecule has 0 unspecified atom stereocenters. The molecule has 0 radical (unpaired) electrons. The van der Waals surface area contributed by atoms with Crippen LogP contribution in [0.4, 0.5) is 0 Å². The molecule has 0 aliphatic heterocycles. The molecule has 1 aromatic carbocycles. The highest BCUT2D eigenvalue weighted by Crippen LogP contribution is 2.34. The fourth-order valence-electron chi connectivity index (χ4n) is 3.40. The highest BCUT2D eigenvalue weighted by atomic mass is 14.2. The highest BCUT2D eigenvalue weighted by Gasteiger charge is 2.14. The van der Waals surface area contributed by atoms with Crippen molar-refractivity contribution in [2.75, 3.05) is 0 Å². The van der Waals surface area contributed by atoms with E-state index in [0.29, 0.717) is 0 Å². The third-order valence-corrected chi connectivity index (χ3v) is 5.60. The van der Waals surface area contributed by atoms with Gasteiger partial charge in [0, 0.05) is 0 Å². The van der Waals surface area contributed by atoms with Gasteiger partial charge < -0.3 is 0 Å². The van der Waals surface area contributed by atoms with Crippen LogP contribution in [0, 0.1) is 0 Å². The standard InChI is InChI=1S/C30H40.C2H6.2CH4/c1-10-12-17-23(5)25(7)21-29(28-19-15-14-16-20-28)30(22(3)4)27(9)26(8)24(6)18-13-11-2;1-2;;/h10,12,14-17,19-21H,3,6,11,13,18H2,1-2,4-5,7-9H3;1-2H3;2*1H4/b12-10-,23-17+,25-21+,27-26+,30-29-;;;. The molecule has 0 aliphatic carbocycles. The topological polar surface area (TPSA) is 0 Å². The van der Waals surface area contributed by atoms with Crippen molar-refractivity contribution < 1.29 is 0 Å². The molecule has 0 amide bonds. The molecule has 0 spiro atoms. The van der Waals surface area contributed by atoms with Crippen molar-refractivity contribution in [3.63, 3.8) is 0 Å². The zero-order chi connectivity index (χ0) is 24.7. The molecule has 190 valence electrons. The van der Waals surface area contributed by atoms with Crippen LogP contribution in [-0.4, -0.2) is 0 Å². The van der Waals surface area contributed by atoms with Crippen molar-refractivity contribution >= 4 is 5.57 Å². The Morgan fingerprint density at radius 2 is 1.41 bits per heavy atom. The minimum absolute atomic E-state index is 0.